The zero-order valence-corrected chi connectivity index (χ0v) is 14.4. The predicted molar refractivity (Wildman–Crippen MR) is 35.3 cm³/mol. The van der Waals surface area contributed by atoms with Crippen molar-refractivity contribution in [3.05, 3.63) is 23.8 Å². The molecule has 0 amide bonds. The molecule has 0 radical (unpaired) electrons. The van der Waals surface area contributed by atoms with Crippen LogP contribution in [0.3, 0.4) is 0 Å². The summed E-state index contributed by atoms with van der Waals surface area (Å²) in [7, 11) is 0. The number of carboxylic acid groups (broad SMARTS) is 2. The Kier molecular flexibility index (Phi) is 11.4. The van der Waals surface area contributed by atoms with Gasteiger partial charge in [-0.3, -0.25) is 0 Å². The minimum absolute atomic E-state index is 0. The SMILES string of the molecule is O=C([O-])C1=CC=CCC1C(=O)[O-].[K+].[K+]. The van der Waals surface area contributed by atoms with Crippen LogP contribution in [0.15, 0.2) is 23.8 Å². The third-order valence-corrected chi connectivity index (χ3v) is 1.68. The van der Waals surface area contributed by atoms with Gasteiger partial charge in [0.25, 0.3) is 0 Å². The largest absolute Gasteiger partial charge is 1.00 e. The minimum atomic E-state index is -1.45. The van der Waals surface area contributed by atoms with Crippen LogP contribution in [0.1, 0.15) is 6.42 Å². The first-order valence-corrected chi connectivity index (χ1v) is 3.42. The molecule has 1 atom stereocenters. The van der Waals surface area contributed by atoms with E-state index in [1.807, 2.05) is 0 Å². The Morgan fingerprint density at radius 2 is 1.86 bits per heavy atom. The van der Waals surface area contributed by atoms with Crippen LogP contribution in [0.25, 0.3) is 0 Å². The standard InChI is InChI=1S/C8H8O4.2K/c9-7(10)5-3-1-2-4-6(5)8(11)12;;/h1-3,6H,4H2,(H,9,10)(H,11,12);;/q;2*+1/p-2. The molecule has 1 aliphatic carbocycles. The topological polar surface area (TPSA) is 80.3 Å². The maximum Gasteiger partial charge on any atom is 1.00 e. The Balaban J connectivity index is 0. The number of carboxylic acids is 2. The number of hydrogen-bond donors (Lipinski definition) is 0. The fourth-order valence-electron chi connectivity index (χ4n) is 1.06. The van der Waals surface area contributed by atoms with E-state index in [1.165, 1.54) is 12.2 Å². The molecule has 1 rings (SSSR count). The molecule has 0 bridgehead atoms. The monoisotopic (exact) mass is 244 g/mol. The van der Waals surface area contributed by atoms with Crippen molar-refractivity contribution in [3.8, 4) is 0 Å². The molecule has 14 heavy (non-hydrogen) atoms. The Labute approximate surface area is 167 Å². The van der Waals surface area contributed by atoms with Crippen molar-refractivity contribution in [1.82, 2.24) is 0 Å². The molecule has 0 spiro atoms. The van der Waals surface area contributed by atoms with Gasteiger partial charge in [0.1, 0.15) is 0 Å². The van der Waals surface area contributed by atoms with E-state index in [2.05, 4.69) is 0 Å². The molecule has 1 unspecified atom stereocenters. The maximum atomic E-state index is 10.4. The first-order chi connectivity index (χ1) is 5.63. The number of carbonyl (C=O) groups is 2. The van der Waals surface area contributed by atoms with Crippen LogP contribution in [0.2, 0.25) is 0 Å². The molecule has 1 aliphatic rings. The smallest absolute Gasteiger partial charge is 0.549 e. The first-order valence-electron chi connectivity index (χ1n) is 3.42. The summed E-state index contributed by atoms with van der Waals surface area (Å²) >= 11 is 0. The molecular formula is C8H6K2O4. The van der Waals surface area contributed by atoms with Crippen LogP contribution in [-0.2, 0) is 9.59 Å². The van der Waals surface area contributed by atoms with Crippen molar-refractivity contribution in [2.45, 2.75) is 6.42 Å². The fourth-order valence-corrected chi connectivity index (χ4v) is 1.06. The van der Waals surface area contributed by atoms with Crippen LogP contribution in [-0.4, -0.2) is 11.9 Å². The van der Waals surface area contributed by atoms with Crippen molar-refractivity contribution in [1.29, 1.82) is 0 Å². The van der Waals surface area contributed by atoms with E-state index in [9.17, 15) is 19.8 Å². The van der Waals surface area contributed by atoms with E-state index in [4.69, 9.17) is 0 Å². The average Bonchev–Trinajstić information content (AvgIpc) is 2.04. The summed E-state index contributed by atoms with van der Waals surface area (Å²) in [5, 5.41) is 20.8. The van der Waals surface area contributed by atoms with Gasteiger partial charge < -0.3 is 19.8 Å². The number of allylic oxidation sites excluding steroid dienone is 3. The Morgan fingerprint density at radius 1 is 1.29 bits per heavy atom. The zero-order chi connectivity index (χ0) is 9.14. The van der Waals surface area contributed by atoms with Gasteiger partial charge in [0, 0.05) is 11.9 Å². The van der Waals surface area contributed by atoms with Crippen molar-refractivity contribution < 1.29 is 123 Å². The molecule has 0 aliphatic heterocycles. The van der Waals surface area contributed by atoms with Gasteiger partial charge >= 0.3 is 103 Å². The second-order valence-electron chi connectivity index (χ2n) is 2.44. The number of aliphatic carboxylic acids is 2. The third kappa shape index (κ3) is 5.15. The Morgan fingerprint density at radius 3 is 2.21 bits per heavy atom. The van der Waals surface area contributed by atoms with Gasteiger partial charge in [0.05, 0.1) is 5.97 Å². The summed E-state index contributed by atoms with van der Waals surface area (Å²) in [5.74, 6) is -3.90. The molecule has 0 saturated carbocycles. The molecule has 0 N–H and O–H groups in total. The molecule has 0 saturated heterocycles. The normalized spacial score (nSPS) is 18.6. The summed E-state index contributed by atoms with van der Waals surface area (Å²) in [6, 6.07) is 0. The van der Waals surface area contributed by atoms with Crippen LogP contribution in [0.5, 0.6) is 0 Å². The van der Waals surface area contributed by atoms with Crippen LogP contribution in [0, 0.1) is 5.92 Å². The number of rotatable bonds is 2. The van der Waals surface area contributed by atoms with Crippen LogP contribution < -0.4 is 113 Å². The van der Waals surface area contributed by atoms with Gasteiger partial charge in [-0.25, -0.2) is 0 Å². The molecule has 0 fully saturated rings. The van der Waals surface area contributed by atoms with Gasteiger partial charge in [-0.2, -0.15) is 0 Å². The maximum absolute atomic E-state index is 10.4. The Bertz CT molecular complexity index is 283. The summed E-state index contributed by atoms with van der Waals surface area (Å²) in [4.78, 5) is 20.8. The molecule has 0 aromatic carbocycles. The summed E-state index contributed by atoms with van der Waals surface area (Å²) in [6.45, 7) is 0. The van der Waals surface area contributed by atoms with E-state index in [-0.39, 0.29) is 115 Å². The summed E-state index contributed by atoms with van der Waals surface area (Å²) in [5.41, 5.74) is -0.225. The van der Waals surface area contributed by atoms with Gasteiger partial charge in [-0.05, 0) is 12.0 Å². The molecule has 0 aromatic heterocycles. The molecular weight excluding hydrogens is 238 g/mol. The fraction of sp³-hybridized carbons (Fsp3) is 0.250. The van der Waals surface area contributed by atoms with Crippen molar-refractivity contribution in [2.75, 3.05) is 0 Å². The number of carbonyl (C=O) groups excluding carboxylic acids is 2. The zero-order valence-electron chi connectivity index (χ0n) is 8.15. The average molecular weight is 244 g/mol. The van der Waals surface area contributed by atoms with E-state index in [0.717, 1.165) is 0 Å². The van der Waals surface area contributed by atoms with E-state index in [1.54, 1.807) is 6.08 Å². The van der Waals surface area contributed by atoms with Crippen molar-refractivity contribution in [2.24, 2.45) is 5.92 Å². The second kappa shape index (κ2) is 8.80. The van der Waals surface area contributed by atoms with E-state index < -0.39 is 17.9 Å². The molecule has 0 heterocycles. The number of hydrogen-bond acceptors (Lipinski definition) is 4. The molecule has 0 aromatic rings. The van der Waals surface area contributed by atoms with Gasteiger partial charge in [-0.1, -0.05) is 18.2 Å². The predicted octanol–water partition coefficient (Wildman–Crippen LogP) is -8.00. The Hall–Kier alpha value is 1.69. The van der Waals surface area contributed by atoms with Gasteiger partial charge in [0.2, 0.25) is 0 Å². The second-order valence-corrected chi connectivity index (χ2v) is 2.44. The summed E-state index contributed by atoms with van der Waals surface area (Å²) in [6.07, 6.45) is 4.44. The third-order valence-electron chi connectivity index (χ3n) is 1.68. The summed E-state index contributed by atoms with van der Waals surface area (Å²) < 4.78 is 0. The van der Waals surface area contributed by atoms with Crippen LogP contribution in [0.4, 0.5) is 0 Å². The minimum Gasteiger partial charge on any atom is -0.549 e. The van der Waals surface area contributed by atoms with E-state index in [0.29, 0.717) is 0 Å². The van der Waals surface area contributed by atoms with Crippen molar-refractivity contribution in [3.63, 3.8) is 0 Å². The molecule has 6 heteroatoms. The van der Waals surface area contributed by atoms with Gasteiger partial charge in [0.15, 0.2) is 0 Å². The quantitative estimate of drug-likeness (QED) is 0.452. The van der Waals surface area contributed by atoms with Gasteiger partial charge in [-0.15, -0.1) is 0 Å². The molecule has 64 valence electrons. The van der Waals surface area contributed by atoms with Crippen LogP contribution >= 0.6 is 0 Å². The first kappa shape index (κ1) is 18.1. The van der Waals surface area contributed by atoms with E-state index >= 15 is 0 Å². The van der Waals surface area contributed by atoms with Crippen molar-refractivity contribution >= 4 is 11.9 Å². The molecule has 4 nitrogen and oxygen atoms in total.